The second kappa shape index (κ2) is 3.94. The molecule has 1 fully saturated rings. The van der Waals surface area contributed by atoms with E-state index in [2.05, 4.69) is 21.2 Å². The summed E-state index contributed by atoms with van der Waals surface area (Å²) in [6.45, 7) is -0.0662. The summed E-state index contributed by atoms with van der Waals surface area (Å²) in [5.41, 5.74) is 0.233. The number of para-hydroxylation sites is 1. The van der Waals surface area contributed by atoms with Crippen LogP contribution in [0.5, 0.6) is 0 Å². The second-order valence-corrected chi connectivity index (χ2v) is 4.73. The molecule has 0 aromatic heterocycles. The van der Waals surface area contributed by atoms with Gasteiger partial charge in [0.2, 0.25) is 5.91 Å². The van der Waals surface area contributed by atoms with E-state index >= 15 is 0 Å². The molecule has 0 atom stereocenters. The molecule has 2 N–H and O–H groups in total. The lowest BCUT2D eigenvalue weighted by Crippen LogP contribution is -2.27. The van der Waals surface area contributed by atoms with Crippen molar-refractivity contribution in [2.75, 3.05) is 11.9 Å². The third-order valence-electron chi connectivity index (χ3n) is 2.76. The first-order valence-electron chi connectivity index (χ1n) is 4.85. The number of rotatable bonds is 3. The van der Waals surface area contributed by atoms with Gasteiger partial charge in [0.25, 0.3) is 0 Å². The summed E-state index contributed by atoms with van der Waals surface area (Å²) >= 11 is 3.36. The molecule has 0 unspecified atom stereocenters. The van der Waals surface area contributed by atoms with Crippen LogP contribution in [0.2, 0.25) is 0 Å². The molecule has 0 aliphatic heterocycles. The predicted octanol–water partition coefficient (Wildman–Crippen LogP) is 2.16. The zero-order chi connectivity index (χ0) is 10.9. The van der Waals surface area contributed by atoms with Gasteiger partial charge in [0.15, 0.2) is 0 Å². The van der Waals surface area contributed by atoms with E-state index < -0.39 is 5.41 Å². The minimum Gasteiger partial charge on any atom is -0.395 e. The van der Waals surface area contributed by atoms with E-state index in [9.17, 15) is 4.79 Å². The van der Waals surface area contributed by atoms with Crippen molar-refractivity contribution in [2.45, 2.75) is 12.8 Å². The van der Waals surface area contributed by atoms with Crippen LogP contribution in [-0.4, -0.2) is 17.6 Å². The lowest BCUT2D eigenvalue weighted by Gasteiger charge is -2.13. The molecular weight excluding hydrogens is 258 g/mol. The first-order valence-corrected chi connectivity index (χ1v) is 5.64. The van der Waals surface area contributed by atoms with Crippen molar-refractivity contribution in [3.8, 4) is 0 Å². The number of hydrogen-bond acceptors (Lipinski definition) is 2. The Balaban J connectivity index is 2.10. The van der Waals surface area contributed by atoms with Crippen molar-refractivity contribution in [3.63, 3.8) is 0 Å². The molecule has 0 radical (unpaired) electrons. The van der Waals surface area contributed by atoms with Crippen LogP contribution in [0.4, 0.5) is 5.69 Å². The SMILES string of the molecule is O=C(Nc1ccccc1Br)C1(CO)CC1. The van der Waals surface area contributed by atoms with Gasteiger partial charge in [0.05, 0.1) is 17.7 Å². The van der Waals surface area contributed by atoms with Gasteiger partial charge in [-0.25, -0.2) is 0 Å². The van der Waals surface area contributed by atoms with Crippen LogP contribution < -0.4 is 5.32 Å². The Morgan fingerprint density at radius 2 is 2.13 bits per heavy atom. The van der Waals surface area contributed by atoms with Gasteiger partial charge in [-0.15, -0.1) is 0 Å². The largest absolute Gasteiger partial charge is 0.395 e. The van der Waals surface area contributed by atoms with Gasteiger partial charge in [0.1, 0.15) is 0 Å². The number of aliphatic hydroxyl groups excluding tert-OH is 1. The first-order chi connectivity index (χ1) is 7.18. The van der Waals surface area contributed by atoms with E-state index in [1.807, 2.05) is 24.3 Å². The third-order valence-corrected chi connectivity index (χ3v) is 3.45. The average molecular weight is 270 g/mol. The number of carbonyl (C=O) groups excluding carboxylic acids is 1. The van der Waals surface area contributed by atoms with Gasteiger partial charge in [-0.3, -0.25) is 4.79 Å². The summed E-state index contributed by atoms with van der Waals surface area (Å²) in [7, 11) is 0. The Kier molecular flexibility index (Phi) is 2.80. The zero-order valence-electron chi connectivity index (χ0n) is 8.16. The molecule has 1 aromatic rings. The highest BCUT2D eigenvalue weighted by atomic mass is 79.9. The smallest absolute Gasteiger partial charge is 0.232 e. The molecule has 1 aliphatic rings. The molecule has 0 heterocycles. The van der Waals surface area contributed by atoms with Gasteiger partial charge in [-0.1, -0.05) is 12.1 Å². The molecule has 1 aromatic carbocycles. The Hall–Kier alpha value is -0.870. The summed E-state index contributed by atoms with van der Waals surface area (Å²) in [4.78, 5) is 11.8. The van der Waals surface area contributed by atoms with Gasteiger partial charge >= 0.3 is 0 Å². The Morgan fingerprint density at radius 3 is 2.67 bits per heavy atom. The number of aliphatic hydroxyl groups is 1. The molecule has 0 bridgehead atoms. The highest BCUT2D eigenvalue weighted by Crippen LogP contribution is 2.46. The summed E-state index contributed by atoms with van der Waals surface area (Å²) in [5, 5.41) is 11.9. The molecular formula is C11H12BrNO2. The fourth-order valence-electron chi connectivity index (χ4n) is 1.43. The highest BCUT2D eigenvalue weighted by Gasteiger charge is 2.49. The van der Waals surface area contributed by atoms with E-state index in [1.54, 1.807) is 0 Å². The van der Waals surface area contributed by atoms with Crippen LogP contribution in [0.1, 0.15) is 12.8 Å². The zero-order valence-corrected chi connectivity index (χ0v) is 9.75. The summed E-state index contributed by atoms with van der Waals surface area (Å²) in [6, 6.07) is 7.45. The van der Waals surface area contributed by atoms with E-state index in [4.69, 9.17) is 5.11 Å². The number of nitrogens with one attached hydrogen (secondary N) is 1. The van der Waals surface area contributed by atoms with Crippen LogP contribution >= 0.6 is 15.9 Å². The number of benzene rings is 1. The maximum atomic E-state index is 11.8. The Bertz CT molecular complexity index is 388. The molecule has 1 aliphatic carbocycles. The van der Waals surface area contributed by atoms with Crippen LogP contribution in [0.3, 0.4) is 0 Å². The molecule has 2 rings (SSSR count). The predicted molar refractivity (Wildman–Crippen MR) is 61.5 cm³/mol. The quantitative estimate of drug-likeness (QED) is 0.884. The Morgan fingerprint density at radius 1 is 1.47 bits per heavy atom. The monoisotopic (exact) mass is 269 g/mol. The highest BCUT2D eigenvalue weighted by molar-refractivity contribution is 9.10. The van der Waals surface area contributed by atoms with E-state index in [1.165, 1.54) is 0 Å². The van der Waals surface area contributed by atoms with Crippen molar-refractivity contribution in [2.24, 2.45) is 5.41 Å². The third kappa shape index (κ3) is 2.06. The average Bonchev–Trinajstić information content (AvgIpc) is 3.02. The molecule has 1 saturated carbocycles. The molecule has 3 nitrogen and oxygen atoms in total. The standard InChI is InChI=1S/C11H12BrNO2/c12-8-3-1-2-4-9(8)13-10(15)11(7-14)5-6-11/h1-4,14H,5-7H2,(H,13,15). The number of carbonyl (C=O) groups is 1. The summed E-state index contributed by atoms with van der Waals surface area (Å²) in [5.74, 6) is -0.0862. The number of amides is 1. The maximum absolute atomic E-state index is 11.8. The number of halogens is 1. The topological polar surface area (TPSA) is 49.3 Å². The van der Waals surface area contributed by atoms with Crippen molar-refractivity contribution < 1.29 is 9.90 Å². The molecule has 15 heavy (non-hydrogen) atoms. The maximum Gasteiger partial charge on any atom is 0.232 e. The van der Waals surface area contributed by atoms with Gasteiger partial charge in [-0.2, -0.15) is 0 Å². The van der Waals surface area contributed by atoms with Crippen molar-refractivity contribution in [1.82, 2.24) is 0 Å². The Labute approximate surface area is 96.6 Å². The van der Waals surface area contributed by atoms with Crippen LogP contribution in [0, 0.1) is 5.41 Å². The number of anilines is 1. The molecule has 80 valence electrons. The van der Waals surface area contributed by atoms with Gasteiger partial charge < -0.3 is 10.4 Å². The van der Waals surface area contributed by atoms with Crippen LogP contribution in [0.15, 0.2) is 28.7 Å². The lowest BCUT2D eigenvalue weighted by atomic mass is 10.1. The summed E-state index contributed by atoms with van der Waals surface area (Å²) < 4.78 is 0.854. The normalized spacial score (nSPS) is 17.2. The number of hydrogen-bond donors (Lipinski definition) is 2. The molecule has 0 spiro atoms. The van der Waals surface area contributed by atoms with Crippen LogP contribution in [-0.2, 0) is 4.79 Å². The van der Waals surface area contributed by atoms with E-state index in [0.717, 1.165) is 23.0 Å². The molecule has 4 heteroatoms. The molecule has 0 saturated heterocycles. The molecule has 1 amide bonds. The van der Waals surface area contributed by atoms with Crippen molar-refractivity contribution in [1.29, 1.82) is 0 Å². The fourth-order valence-corrected chi connectivity index (χ4v) is 1.81. The van der Waals surface area contributed by atoms with E-state index in [-0.39, 0.29) is 12.5 Å². The minimum atomic E-state index is -0.519. The van der Waals surface area contributed by atoms with E-state index in [0.29, 0.717) is 0 Å². The second-order valence-electron chi connectivity index (χ2n) is 3.87. The summed E-state index contributed by atoms with van der Waals surface area (Å²) in [6.07, 6.45) is 1.56. The fraction of sp³-hybridized carbons (Fsp3) is 0.364. The van der Waals surface area contributed by atoms with Gasteiger partial charge in [0, 0.05) is 4.47 Å². The van der Waals surface area contributed by atoms with Crippen LogP contribution in [0.25, 0.3) is 0 Å². The minimum absolute atomic E-state index is 0.0662. The first kappa shape index (κ1) is 10.6. The van der Waals surface area contributed by atoms with Crippen molar-refractivity contribution >= 4 is 27.5 Å². The van der Waals surface area contributed by atoms with Crippen molar-refractivity contribution in [3.05, 3.63) is 28.7 Å². The lowest BCUT2D eigenvalue weighted by molar-refractivity contribution is -0.122. The van der Waals surface area contributed by atoms with Gasteiger partial charge in [-0.05, 0) is 40.9 Å².